The zero-order valence-electron chi connectivity index (χ0n) is 12.0. The Morgan fingerprint density at radius 2 is 1.90 bits per heavy atom. The van der Waals surface area contributed by atoms with E-state index < -0.39 is 5.79 Å². The summed E-state index contributed by atoms with van der Waals surface area (Å²) in [5, 5.41) is 0. The van der Waals surface area contributed by atoms with Gasteiger partial charge in [0.25, 0.3) is 0 Å². The van der Waals surface area contributed by atoms with Crippen molar-refractivity contribution in [3.8, 4) is 0 Å². The highest BCUT2D eigenvalue weighted by Gasteiger charge is 2.45. The molecule has 0 saturated carbocycles. The molecule has 0 N–H and O–H groups in total. The fraction of sp³-hybridized carbons (Fsp3) is 0.733. The second-order valence-electron chi connectivity index (χ2n) is 5.17. The van der Waals surface area contributed by atoms with Gasteiger partial charge in [-0.05, 0) is 19.3 Å². The number of esters is 1. The van der Waals surface area contributed by atoms with E-state index in [1.807, 2.05) is 6.08 Å². The van der Waals surface area contributed by atoms with Crippen molar-refractivity contribution < 1.29 is 23.8 Å². The van der Waals surface area contributed by atoms with E-state index in [2.05, 4.69) is 4.74 Å². The average molecular weight is 282 g/mol. The number of Topliss-reactive ketones (excluding diaryl/α,β-unsaturated/α-hetero) is 1. The maximum absolute atomic E-state index is 12.2. The van der Waals surface area contributed by atoms with Crippen molar-refractivity contribution in [2.24, 2.45) is 0 Å². The first-order valence-electron chi connectivity index (χ1n) is 7.26. The van der Waals surface area contributed by atoms with Crippen molar-refractivity contribution in [1.82, 2.24) is 0 Å². The van der Waals surface area contributed by atoms with Crippen LogP contribution >= 0.6 is 0 Å². The molecule has 1 heterocycles. The van der Waals surface area contributed by atoms with Crippen LogP contribution in [0.1, 0.15) is 44.9 Å². The van der Waals surface area contributed by atoms with Gasteiger partial charge >= 0.3 is 5.97 Å². The Hall–Kier alpha value is -1.20. The number of ketones is 1. The molecule has 0 radical (unpaired) electrons. The number of unbranched alkanes of at least 4 members (excludes halogenated alkanes) is 2. The van der Waals surface area contributed by atoms with Crippen LogP contribution in [0.2, 0.25) is 0 Å². The number of carbonyl (C=O) groups excluding carboxylic acids is 2. The first-order chi connectivity index (χ1) is 9.68. The van der Waals surface area contributed by atoms with Crippen LogP contribution in [0.3, 0.4) is 0 Å². The molecule has 0 aromatic carbocycles. The van der Waals surface area contributed by atoms with E-state index >= 15 is 0 Å². The molecule has 0 atom stereocenters. The Balaban J connectivity index is 1.71. The number of hydrogen-bond donors (Lipinski definition) is 0. The highest BCUT2D eigenvalue weighted by Crippen LogP contribution is 2.39. The maximum atomic E-state index is 12.2. The molecule has 5 heteroatoms. The lowest BCUT2D eigenvalue weighted by molar-refractivity contribution is -0.140. The van der Waals surface area contributed by atoms with Crippen LogP contribution in [0.5, 0.6) is 0 Å². The molecule has 0 unspecified atom stereocenters. The van der Waals surface area contributed by atoms with E-state index in [4.69, 9.17) is 9.47 Å². The van der Waals surface area contributed by atoms with Crippen LogP contribution in [-0.2, 0) is 23.8 Å². The summed E-state index contributed by atoms with van der Waals surface area (Å²) in [5.74, 6) is -0.827. The lowest BCUT2D eigenvalue weighted by atomic mass is 9.99. The molecule has 20 heavy (non-hydrogen) atoms. The third-order valence-corrected chi connectivity index (χ3v) is 3.80. The second kappa shape index (κ2) is 6.99. The van der Waals surface area contributed by atoms with Gasteiger partial charge in [-0.15, -0.1) is 0 Å². The van der Waals surface area contributed by atoms with Crippen molar-refractivity contribution in [1.29, 1.82) is 0 Å². The molecule has 1 aliphatic heterocycles. The summed E-state index contributed by atoms with van der Waals surface area (Å²) in [6, 6.07) is 0. The minimum Gasteiger partial charge on any atom is -0.469 e. The molecule has 0 aromatic heterocycles. The van der Waals surface area contributed by atoms with Crippen LogP contribution in [0, 0.1) is 0 Å². The molecular formula is C15H22O5. The van der Waals surface area contributed by atoms with Crippen molar-refractivity contribution in [3.63, 3.8) is 0 Å². The molecule has 1 spiro atoms. The van der Waals surface area contributed by atoms with E-state index in [-0.39, 0.29) is 11.8 Å². The van der Waals surface area contributed by atoms with Crippen LogP contribution in [0.4, 0.5) is 0 Å². The number of methoxy groups -OCH3 is 1. The summed E-state index contributed by atoms with van der Waals surface area (Å²) >= 11 is 0. The van der Waals surface area contributed by atoms with Gasteiger partial charge < -0.3 is 14.2 Å². The fourth-order valence-corrected chi connectivity index (χ4v) is 2.75. The number of rotatable bonds is 7. The number of allylic oxidation sites excluding steroid dienone is 1. The first kappa shape index (κ1) is 15.2. The summed E-state index contributed by atoms with van der Waals surface area (Å²) in [6.45, 7) is 1.12. The molecule has 0 bridgehead atoms. The van der Waals surface area contributed by atoms with Gasteiger partial charge in [-0.1, -0.05) is 12.5 Å². The highest BCUT2D eigenvalue weighted by molar-refractivity contribution is 5.97. The fourth-order valence-electron chi connectivity index (χ4n) is 2.75. The lowest BCUT2D eigenvalue weighted by Gasteiger charge is -2.24. The van der Waals surface area contributed by atoms with Gasteiger partial charge in [0.05, 0.1) is 20.3 Å². The molecule has 0 amide bonds. The van der Waals surface area contributed by atoms with Gasteiger partial charge in [-0.2, -0.15) is 0 Å². The van der Waals surface area contributed by atoms with Gasteiger partial charge in [-0.3, -0.25) is 9.59 Å². The first-order valence-corrected chi connectivity index (χ1v) is 7.26. The largest absolute Gasteiger partial charge is 0.469 e. The topological polar surface area (TPSA) is 61.8 Å². The third kappa shape index (κ3) is 3.46. The van der Waals surface area contributed by atoms with E-state index in [0.717, 1.165) is 32.1 Å². The van der Waals surface area contributed by atoms with Crippen molar-refractivity contribution in [2.75, 3.05) is 20.3 Å². The highest BCUT2D eigenvalue weighted by atomic mass is 16.7. The van der Waals surface area contributed by atoms with Crippen LogP contribution in [-0.4, -0.2) is 37.9 Å². The van der Waals surface area contributed by atoms with E-state index in [0.29, 0.717) is 31.6 Å². The molecule has 0 aromatic rings. The molecule has 112 valence electrons. The predicted octanol–water partition coefficient (Wildman–Crippen LogP) is 2.14. The van der Waals surface area contributed by atoms with Crippen LogP contribution < -0.4 is 0 Å². The summed E-state index contributed by atoms with van der Waals surface area (Å²) in [4.78, 5) is 23.2. The van der Waals surface area contributed by atoms with E-state index in [9.17, 15) is 9.59 Å². The maximum Gasteiger partial charge on any atom is 0.305 e. The summed E-state index contributed by atoms with van der Waals surface area (Å²) in [5.41, 5.74) is 0.697. The Labute approximate surface area is 119 Å². The van der Waals surface area contributed by atoms with Crippen LogP contribution in [0.25, 0.3) is 0 Å². The Bertz CT molecular complexity index is 393. The summed E-state index contributed by atoms with van der Waals surface area (Å²) in [7, 11) is 1.39. The Kier molecular flexibility index (Phi) is 5.31. The molecular weight excluding hydrogens is 260 g/mol. The van der Waals surface area contributed by atoms with Crippen molar-refractivity contribution in [2.45, 2.75) is 50.7 Å². The zero-order chi connectivity index (χ0) is 14.4. The minimum absolute atomic E-state index is 0.113. The zero-order valence-corrected chi connectivity index (χ0v) is 12.0. The number of hydrogen-bond acceptors (Lipinski definition) is 5. The SMILES string of the molecule is COC(=O)CCCCCC(=O)C1=CCCC12OCCO2. The van der Waals surface area contributed by atoms with E-state index in [1.165, 1.54) is 7.11 Å². The predicted molar refractivity (Wildman–Crippen MR) is 72.1 cm³/mol. The molecule has 1 aliphatic carbocycles. The number of carbonyl (C=O) groups is 2. The van der Waals surface area contributed by atoms with E-state index in [1.54, 1.807) is 0 Å². The molecule has 5 nitrogen and oxygen atoms in total. The average Bonchev–Trinajstić information content (AvgIpc) is 3.08. The molecule has 2 rings (SSSR count). The van der Waals surface area contributed by atoms with Crippen molar-refractivity contribution >= 4 is 11.8 Å². The lowest BCUT2D eigenvalue weighted by Crippen LogP contribution is -2.33. The van der Waals surface area contributed by atoms with Crippen LogP contribution in [0.15, 0.2) is 11.6 Å². The minimum atomic E-state index is -0.747. The summed E-state index contributed by atoms with van der Waals surface area (Å²) < 4.78 is 15.8. The Morgan fingerprint density at radius 3 is 2.60 bits per heavy atom. The summed E-state index contributed by atoms with van der Waals surface area (Å²) in [6.07, 6.45) is 6.83. The molecule has 1 fully saturated rings. The monoisotopic (exact) mass is 282 g/mol. The Morgan fingerprint density at radius 1 is 1.20 bits per heavy atom. The standard InChI is InChI=1S/C15H22O5/c1-18-14(17)8-4-2-3-7-13(16)12-6-5-9-15(12)19-10-11-20-15/h6H,2-5,7-11H2,1H3. The molecule has 1 saturated heterocycles. The quantitative estimate of drug-likeness (QED) is 0.529. The smallest absolute Gasteiger partial charge is 0.305 e. The van der Waals surface area contributed by atoms with Gasteiger partial charge in [-0.25, -0.2) is 0 Å². The normalized spacial score (nSPS) is 20.1. The van der Waals surface area contributed by atoms with Gasteiger partial charge in [0.2, 0.25) is 0 Å². The van der Waals surface area contributed by atoms with Gasteiger partial charge in [0, 0.05) is 24.8 Å². The number of ether oxygens (including phenoxy) is 3. The van der Waals surface area contributed by atoms with Crippen molar-refractivity contribution in [3.05, 3.63) is 11.6 Å². The van der Waals surface area contributed by atoms with Gasteiger partial charge in [0.1, 0.15) is 0 Å². The molecule has 2 aliphatic rings. The third-order valence-electron chi connectivity index (χ3n) is 3.80. The second-order valence-corrected chi connectivity index (χ2v) is 5.17. The van der Waals surface area contributed by atoms with Gasteiger partial charge in [0.15, 0.2) is 11.6 Å².